The highest BCUT2D eigenvalue weighted by Crippen LogP contribution is 2.36. The summed E-state index contributed by atoms with van der Waals surface area (Å²) in [6.45, 7) is 7.26. The van der Waals surface area contributed by atoms with Gasteiger partial charge < -0.3 is 9.47 Å². The maximum absolute atomic E-state index is 13.7. The summed E-state index contributed by atoms with van der Waals surface area (Å²) in [5.74, 6) is -0.0820. The van der Waals surface area contributed by atoms with Crippen LogP contribution in [0.5, 0.6) is 5.75 Å². The molecule has 10 heteroatoms. The molecule has 0 saturated heterocycles. The highest BCUT2D eigenvalue weighted by molar-refractivity contribution is 7.07. The Morgan fingerprint density at radius 2 is 1.84 bits per heavy atom. The van der Waals surface area contributed by atoms with Gasteiger partial charge in [-0.3, -0.25) is 9.36 Å². The predicted octanol–water partition coefficient (Wildman–Crippen LogP) is 4.60. The first kappa shape index (κ1) is 26.4. The zero-order chi connectivity index (χ0) is 26.9. The lowest BCUT2D eigenvalue weighted by Gasteiger charge is -2.26. The van der Waals surface area contributed by atoms with E-state index in [1.54, 1.807) is 38.1 Å². The molecular formula is C27H25F3N2O4S. The van der Waals surface area contributed by atoms with Gasteiger partial charge in [0.05, 0.1) is 34.1 Å². The summed E-state index contributed by atoms with van der Waals surface area (Å²) in [5, 5.41) is 0. The normalized spacial score (nSPS) is 16.0. The molecule has 0 aliphatic carbocycles. The average molecular weight is 531 g/mol. The fourth-order valence-corrected chi connectivity index (χ4v) is 5.12. The maximum Gasteiger partial charge on any atom is 0.416 e. The first-order chi connectivity index (χ1) is 17.5. The van der Waals surface area contributed by atoms with Crippen LogP contribution in [0.1, 0.15) is 50.4 Å². The fourth-order valence-electron chi connectivity index (χ4n) is 4.07. The van der Waals surface area contributed by atoms with Gasteiger partial charge in [0.15, 0.2) is 4.80 Å². The smallest absolute Gasteiger partial charge is 0.416 e. The Balaban J connectivity index is 1.92. The molecule has 0 amide bonds. The third kappa shape index (κ3) is 5.39. The lowest BCUT2D eigenvalue weighted by atomic mass is 9.95. The van der Waals surface area contributed by atoms with Crippen LogP contribution in [0.25, 0.3) is 6.08 Å². The molecule has 1 aliphatic heterocycles. The van der Waals surface area contributed by atoms with E-state index < -0.39 is 29.3 Å². The number of alkyl halides is 3. The molecular weight excluding hydrogens is 505 g/mol. The maximum atomic E-state index is 13.7. The average Bonchev–Trinajstić information content (AvgIpc) is 3.12. The molecule has 0 N–H and O–H groups in total. The quantitative estimate of drug-likeness (QED) is 0.437. The number of halogens is 3. The highest BCUT2D eigenvalue weighted by atomic mass is 32.1. The number of para-hydroxylation sites is 1. The summed E-state index contributed by atoms with van der Waals surface area (Å²) in [5.41, 5.74) is 0.445. The Bertz CT molecular complexity index is 1530. The molecule has 194 valence electrons. The van der Waals surface area contributed by atoms with Crippen molar-refractivity contribution in [1.82, 2.24) is 4.57 Å². The van der Waals surface area contributed by atoms with Crippen molar-refractivity contribution in [3.63, 3.8) is 0 Å². The van der Waals surface area contributed by atoms with Gasteiger partial charge in [0.2, 0.25) is 0 Å². The zero-order valence-electron chi connectivity index (χ0n) is 20.6. The number of nitrogens with zero attached hydrogens (tertiary/aromatic N) is 2. The number of hydrogen-bond acceptors (Lipinski definition) is 6. The summed E-state index contributed by atoms with van der Waals surface area (Å²) >= 11 is 1.09. The molecule has 4 rings (SSSR count). The van der Waals surface area contributed by atoms with Gasteiger partial charge in [0.25, 0.3) is 5.56 Å². The SMILES string of the molecule is CCOC(=O)C1=C(C)N=c2s/c(=C/c3ccc(C(F)(F)F)cc3)c(=O)n2[C@@H]1c1ccccc1OC(C)C. The van der Waals surface area contributed by atoms with Crippen LogP contribution in [0.15, 0.2) is 69.6 Å². The molecule has 37 heavy (non-hydrogen) atoms. The summed E-state index contributed by atoms with van der Waals surface area (Å²) in [4.78, 5) is 31.6. The van der Waals surface area contributed by atoms with E-state index in [1.165, 1.54) is 22.8 Å². The Hall–Kier alpha value is -3.66. The number of aromatic nitrogens is 1. The molecule has 0 spiro atoms. The van der Waals surface area contributed by atoms with E-state index in [9.17, 15) is 22.8 Å². The minimum absolute atomic E-state index is 0.144. The largest absolute Gasteiger partial charge is 0.491 e. The van der Waals surface area contributed by atoms with Crippen LogP contribution >= 0.6 is 11.3 Å². The summed E-state index contributed by atoms with van der Waals surface area (Å²) < 4.78 is 51.8. The molecule has 0 fully saturated rings. The number of thiazole rings is 1. The number of fused-ring (bicyclic) bond motifs is 1. The third-order valence-electron chi connectivity index (χ3n) is 5.63. The molecule has 1 atom stereocenters. The van der Waals surface area contributed by atoms with Crippen molar-refractivity contribution in [2.45, 2.75) is 46.0 Å². The molecule has 0 unspecified atom stereocenters. The van der Waals surface area contributed by atoms with Crippen LogP contribution in [0, 0.1) is 0 Å². The molecule has 2 heterocycles. The summed E-state index contributed by atoms with van der Waals surface area (Å²) in [6.07, 6.45) is -3.10. The van der Waals surface area contributed by atoms with Crippen molar-refractivity contribution in [2.75, 3.05) is 6.61 Å². The molecule has 0 radical (unpaired) electrons. The van der Waals surface area contributed by atoms with E-state index in [0.29, 0.717) is 27.4 Å². The van der Waals surface area contributed by atoms with Gasteiger partial charge in [-0.25, -0.2) is 9.79 Å². The van der Waals surface area contributed by atoms with Gasteiger partial charge in [0, 0.05) is 5.56 Å². The van der Waals surface area contributed by atoms with Gasteiger partial charge in [0.1, 0.15) is 11.8 Å². The van der Waals surface area contributed by atoms with Crippen molar-refractivity contribution in [3.8, 4) is 5.75 Å². The van der Waals surface area contributed by atoms with E-state index in [2.05, 4.69) is 4.99 Å². The second-order valence-corrected chi connectivity index (χ2v) is 9.64. The molecule has 1 aromatic heterocycles. The zero-order valence-corrected chi connectivity index (χ0v) is 21.4. The van der Waals surface area contributed by atoms with E-state index in [1.807, 2.05) is 13.8 Å². The van der Waals surface area contributed by atoms with E-state index in [0.717, 1.165) is 23.5 Å². The molecule has 2 aromatic carbocycles. The number of esters is 1. The van der Waals surface area contributed by atoms with Crippen LogP contribution in [0.3, 0.4) is 0 Å². The van der Waals surface area contributed by atoms with Crippen LogP contribution in [-0.4, -0.2) is 23.2 Å². The van der Waals surface area contributed by atoms with Gasteiger partial charge in [-0.1, -0.05) is 41.7 Å². The van der Waals surface area contributed by atoms with Crippen LogP contribution < -0.4 is 19.6 Å². The topological polar surface area (TPSA) is 69.9 Å². The first-order valence-electron chi connectivity index (χ1n) is 11.6. The molecule has 1 aliphatic rings. The number of benzene rings is 2. The number of rotatable bonds is 6. The van der Waals surface area contributed by atoms with Crippen LogP contribution in [0.4, 0.5) is 13.2 Å². The third-order valence-corrected chi connectivity index (χ3v) is 6.61. The monoisotopic (exact) mass is 530 g/mol. The van der Waals surface area contributed by atoms with Crippen molar-refractivity contribution in [3.05, 3.63) is 96.2 Å². The van der Waals surface area contributed by atoms with Crippen molar-refractivity contribution in [2.24, 2.45) is 4.99 Å². The van der Waals surface area contributed by atoms with E-state index in [-0.39, 0.29) is 22.8 Å². The Labute approximate surface area is 215 Å². The lowest BCUT2D eigenvalue weighted by molar-refractivity contribution is -0.139. The highest BCUT2D eigenvalue weighted by Gasteiger charge is 2.35. The Morgan fingerprint density at radius 3 is 2.46 bits per heavy atom. The van der Waals surface area contributed by atoms with E-state index >= 15 is 0 Å². The summed E-state index contributed by atoms with van der Waals surface area (Å²) in [6, 6.07) is 10.8. The molecule has 6 nitrogen and oxygen atoms in total. The molecule has 0 bridgehead atoms. The fraction of sp³-hybridized carbons (Fsp3) is 0.296. The second kappa shape index (κ2) is 10.4. The minimum Gasteiger partial charge on any atom is -0.491 e. The van der Waals surface area contributed by atoms with Crippen molar-refractivity contribution >= 4 is 23.4 Å². The first-order valence-corrected chi connectivity index (χ1v) is 12.5. The molecule has 3 aromatic rings. The van der Waals surface area contributed by atoms with Gasteiger partial charge in [-0.2, -0.15) is 13.2 Å². The minimum atomic E-state index is -4.45. The Kier molecular flexibility index (Phi) is 7.40. The van der Waals surface area contributed by atoms with Crippen LogP contribution in [-0.2, 0) is 15.7 Å². The van der Waals surface area contributed by atoms with Crippen LogP contribution in [0.2, 0.25) is 0 Å². The van der Waals surface area contributed by atoms with Crippen molar-refractivity contribution in [1.29, 1.82) is 0 Å². The van der Waals surface area contributed by atoms with Gasteiger partial charge >= 0.3 is 12.1 Å². The van der Waals surface area contributed by atoms with Gasteiger partial charge in [-0.05, 0) is 57.5 Å². The second-order valence-electron chi connectivity index (χ2n) is 8.63. The number of hydrogen-bond donors (Lipinski definition) is 0. The summed E-state index contributed by atoms with van der Waals surface area (Å²) in [7, 11) is 0. The van der Waals surface area contributed by atoms with Gasteiger partial charge in [-0.15, -0.1) is 0 Å². The Morgan fingerprint density at radius 1 is 1.16 bits per heavy atom. The molecule has 0 saturated carbocycles. The number of carbonyl (C=O) groups excluding carboxylic acids is 1. The number of ether oxygens (including phenoxy) is 2. The predicted molar refractivity (Wildman–Crippen MR) is 134 cm³/mol. The standard InChI is InChI=1S/C27H25F3N2O4S/c1-5-35-25(34)22-16(4)31-26-32(23(22)19-8-6-7-9-20(19)36-15(2)3)24(33)21(37-26)14-17-10-12-18(13-11-17)27(28,29)30/h6-15,23H,5H2,1-4H3/b21-14+/t23-/m1/s1. The van der Waals surface area contributed by atoms with Crippen molar-refractivity contribution < 1.29 is 27.4 Å². The lowest BCUT2D eigenvalue weighted by Crippen LogP contribution is -2.40. The number of allylic oxidation sites excluding steroid dienone is 1. The number of carbonyl (C=O) groups is 1. The van der Waals surface area contributed by atoms with E-state index in [4.69, 9.17) is 9.47 Å².